The first-order chi connectivity index (χ1) is 6.52. The van der Waals surface area contributed by atoms with E-state index in [0.717, 1.165) is 0 Å². The summed E-state index contributed by atoms with van der Waals surface area (Å²) in [7, 11) is 0. The van der Waals surface area contributed by atoms with Crippen molar-refractivity contribution in [2.75, 3.05) is 0 Å². The van der Waals surface area contributed by atoms with Crippen LogP contribution in [0.1, 0.15) is 10.4 Å². The highest BCUT2D eigenvalue weighted by Gasteiger charge is 2.14. The summed E-state index contributed by atoms with van der Waals surface area (Å²) in [6.07, 6.45) is 0. The third kappa shape index (κ3) is 2.41. The molecule has 0 aliphatic rings. The van der Waals surface area contributed by atoms with Crippen LogP contribution in [0.5, 0.6) is 0 Å². The molecule has 14 heavy (non-hydrogen) atoms. The van der Waals surface area contributed by atoms with Gasteiger partial charge in [0, 0.05) is 10.6 Å². The van der Waals surface area contributed by atoms with E-state index < -0.39 is 5.91 Å². The molecular weight excluding hydrogens is 222 g/mol. The van der Waals surface area contributed by atoms with Crippen molar-refractivity contribution in [2.24, 2.45) is 11.6 Å². The minimum atomic E-state index is -0.486. The first-order valence-corrected chi connectivity index (χ1v) is 4.45. The summed E-state index contributed by atoms with van der Waals surface area (Å²) in [5.74, 6) is 4.83. The van der Waals surface area contributed by atoms with Gasteiger partial charge in [0.05, 0.1) is 0 Å². The standard InChI is InChI=1S/C8H8ClN3OS/c9-6-3-1-2-5(4-6)7(13)12(11)8(10)14/h1-4H,11H2,(H2,10,14). The van der Waals surface area contributed by atoms with Gasteiger partial charge in [0.1, 0.15) is 0 Å². The molecule has 0 saturated heterocycles. The predicted octanol–water partition coefficient (Wildman–Crippen LogP) is 0.900. The van der Waals surface area contributed by atoms with Crippen molar-refractivity contribution in [3.05, 3.63) is 34.9 Å². The van der Waals surface area contributed by atoms with Gasteiger partial charge in [0.2, 0.25) is 0 Å². The Morgan fingerprint density at radius 2 is 2.14 bits per heavy atom. The highest BCUT2D eigenvalue weighted by Crippen LogP contribution is 2.11. The lowest BCUT2D eigenvalue weighted by Crippen LogP contribution is -2.45. The normalized spacial score (nSPS) is 9.57. The third-order valence-corrected chi connectivity index (χ3v) is 1.96. The number of amides is 1. The van der Waals surface area contributed by atoms with Crippen molar-refractivity contribution in [1.82, 2.24) is 5.01 Å². The number of carbonyl (C=O) groups excluding carboxylic acids is 1. The molecule has 0 saturated carbocycles. The zero-order valence-electron chi connectivity index (χ0n) is 7.11. The van der Waals surface area contributed by atoms with E-state index in [1.54, 1.807) is 18.2 Å². The van der Waals surface area contributed by atoms with Gasteiger partial charge in [-0.25, -0.2) is 10.9 Å². The van der Waals surface area contributed by atoms with Crippen LogP contribution in [0.25, 0.3) is 0 Å². The van der Waals surface area contributed by atoms with Crippen LogP contribution in [0.4, 0.5) is 0 Å². The van der Waals surface area contributed by atoms with Crippen molar-refractivity contribution >= 4 is 34.8 Å². The summed E-state index contributed by atoms with van der Waals surface area (Å²) in [5.41, 5.74) is 5.53. The number of rotatable bonds is 1. The van der Waals surface area contributed by atoms with Crippen molar-refractivity contribution in [1.29, 1.82) is 0 Å². The van der Waals surface area contributed by atoms with E-state index in [-0.39, 0.29) is 5.11 Å². The summed E-state index contributed by atoms with van der Waals surface area (Å²) < 4.78 is 0. The number of nitrogens with zero attached hydrogens (tertiary/aromatic N) is 1. The first kappa shape index (κ1) is 10.9. The van der Waals surface area contributed by atoms with Crippen LogP contribution in [0.3, 0.4) is 0 Å². The van der Waals surface area contributed by atoms with Gasteiger partial charge in [-0.3, -0.25) is 4.79 Å². The molecule has 6 heteroatoms. The van der Waals surface area contributed by atoms with Gasteiger partial charge in [-0.15, -0.1) is 0 Å². The van der Waals surface area contributed by atoms with E-state index in [2.05, 4.69) is 12.2 Å². The molecule has 1 aromatic carbocycles. The maximum absolute atomic E-state index is 11.5. The number of carbonyl (C=O) groups is 1. The lowest BCUT2D eigenvalue weighted by molar-refractivity contribution is 0.0848. The molecule has 4 nitrogen and oxygen atoms in total. The topological polar surface area (TPSA) is 72.3 Å². The summed E-state index contributed by atoms with van der Waals surface area (Å²) >= 11 is 10.2. The van der Waals surface area contributed by atoms with Gasteiger partial charge >= 0.3 is 0 Å². The zero-order chi connectivity index (χ0) is 10.7. The largest absolute Gasteiger partial charge is 0.375 e. The lowest BCUT2D eigenvalue weighted by atomic mass is 10.2. The van der Waals surface area contributed by atoms with Gasteiger partial charge in [-0.2, -0.15) is 0 Å². The fraction of sp³-hybridized carbons (Fsp3) is 0. The molecule has 74 valence electrons. The summed E-state index contributed by atoms with van der Waals surface area (Å²) in [4.78, 5) is 11.5. The summed E-state index contributed by atoms with van der Waals surface area (Å²) in [6, 6.07) is 6.36. The van der Waals surface area contributed by atoms with Crippen molar-refractivity contribution in [3.63, 3.8) is 0 Å². The second kappa shape index (κ2) is 4.36. The minimum Gasteiger partial charge on any atom is -0.375 e. The molecule has 0 aliphatic heterocycles. The molecule has 1 aromatic rings. The smallest absolute Gasteiger partial charge is 0.274 e. The second-order valence-electron chi connectivity index (χ2n) is 2.52. The van der Waals surface area contributed by atoms with Crippen LogP contribution in [-0.2, 0) is 0 Å². The van der Waals surface area contributed by atoms with Crippen LogP contribution in [-0.4, -0.2) is 16.0 Å². The SMILES string of the molecule is NC(=S)N(N)C(=O)c1cccc(Cl)c1. The average Bonchev–Trinajstić information content (AvgIpc) is 2.15. The van der Waals surface area contributed by atoms with Crippen molar-refractivity contribution in [2.45, 2.75) is 0 Å². The molecule has 0 heterocycles. The Labute approximate surface area is 91.4 Å². The predicted molar refractivity (Wildman–Crippen MR) is 58.6 cm³/mol. The number of halogens is 1. The van der Waals surface area contributed by atoms with Crippen LogP contribution in [0, 0.1) is 0 Å². The molecule has 1 amide bonds. The number of hydrogen-bond acceptors (Lipinski definition) is 3. The minimum absolute atomic E-state index is 0.185. The van der Waals surface area contributed by atoms with E-state index in [4.69, 9.17) is 23.2 Å². The van der Waals surface area contributed by atoms with E-state index in [1.165, 1.54) is 6.07 Å². The Hall–Kier alpha value is -1.17. The molecule has 4 N–H and O–H groups in total. The fourth-order valence-corrected chi connectivity index (χ4v) is 1.13. The van der Waals surface area contributed by atoms with Gasteiger partial charge in [0.15, 0.2) is 5.11 Å². The molecule has 0 atom stereocenters. The number of benzene rings is 1. The average molecular weight is 230 g/mol. The fourth-order valence-electron chi connectivity index (χ4n) is 0.861. The van der Waals surface area contributed by atoms with Gasteiger partial charge < -0.3 is 5.73 Å². The number of hydrazine groups is 1. The van der Waals surface area contributed by atoms with Gasteiger partial charge in [-0.1, -0.05) is 17.7 Å². The van der Waals surface area contributed by atoms with E-state index in [0.29, 0.717) is 15.6 Å². The maximum atomic E-state index is 11.5. The quantitative estimate of drug-likeness (QED) is 0.325. The highest BCUT2D eigenvalue weighted by molar-refractivity contribution is 7.80. The number of hydrogen-bond donors (Lipinski definition) is 2. The summed E-state index contributed by atoms with van der Waals surface area (Å²) in [6.45, 7) is 0. The molecule has 1 rings (SSSR count). The monoisotopic (exact) mass is 229 g/mol. The van der Waals surface area contributed by atoms with Crippen LogP contribution >= 0.6 is 23.8 Å². The molecule has 0 fully saturated rings. The Morgan fingerprint density at radius 1 is 1.50 bits per heavy atom. The molecule has 0 radical (unpaired) electrons. The zero-order valence-corrected chi connectivity index (χ0v) is 8.68. The van der Waals surface area contributed by atoms with Gasteiger partial charge in [0.25, 0.3) is 5.91 Å². The van der Waals surface area contributed by atoms with Crippen LogP contribution in [0.15, 0.2) is 24.3 Å². The van der Waals surface area contributed by atoms with Crippen LogP contribution < -0.4 is 11.6 Å². The Kier molecular flexibility index (Phi) is 3.40. The van der Waals surface area contributed by atoms with E-state index in [1.807, 2.05) is 0 Å². The van der Waals surface area contributed by atoms with E-state index in [9.17, 15) is 4.79 Å². The molecule has 0 bridgehead atoms. The molecule has 0 spiro atoms. The number of nitrogens with two attached hydrogens (primary N) is 2. The molecular formula is C8H8ClN3OS. The Bertz CT molecular complexity index is 383. The lowest BCUT2D eigenvalue weighted by Gasteiger charge is -2.13. The Balaban J connectivity index is 2.95. The van der Waals surface area contributed by atoms with Gasteiger partial charge in [-0.05, 0) is 30.4 Å². The highest BCUT2D eigenvalue weighted by atomic mass is 35.5. The van der Waals surface area contributed by atoms with Crippen LogP contribution in [0.2, 0.25) is 5.02 Å². The maximum Gasteiger partial charge on any atom is 0.274 e. The van der Waals surface area contributed by atoms with Crippen molar-refractivity contribution in [3.8, 4) is 0 Å². The molecule has 0 unspecified atom stereocenters. The second-order valence-corrected chi connectivity index (χ2v) is 3.38. The van der Waals surface area contributed by atoms with Crippen molar-refractivity contribution < 1.29 is 4.79 Å². The number of thiocarbonyl (C=S) groups is 1. The first-order valence-electron chi connectivity index (χ1n) is 3.66. The summed E-state index contributed by atoms with van der Waals surface area (Å²) in [5, 5.41) is 0.961. The Morgan fingerprint density at radius 3 is 2.64 bits per heavy atom. The molecule has 0 aromatic heterocycles. The molecule has 0 aliphatic carbocycles. The third-order valence-electron chi connectivity index (χ3n) is 1.53. The van der Waals surface area contributed by atoms with E-state index >= 15 is 0 Å².